The summed E-state index contributed by atoms with van der Waals surface area (Å²) in [7, 11) is 0. The molecule has 5 N–H and O–H groups in total. The summed E-state index contributed by atoms with van der Waals surface area (Å²) in [6.45, 7) is 9.82. The minimum absolute atomic E-state index is 0. The van der Waals surface area contributed by atoms with E-state index in [2.05, 4.69) is 41.7 Å². The van der Waals surface area contributed by atoms with E-state index in [1.165, 1.54) is 17.8 Å². The van der Waals surface area contributed by atoms with E-state index in [0.29, 0.717) is 4.90 Å². The van der Waals surface area contributed by atoms with Crippen LogP contribution in [-0.2, 0) is 16.6 Å². The highest BCUT2D eigenvalue weighted by atomic mass is 32.2. The summed E-state index contributed by atoms with van der Waals surface area (Å²) in [5, 5.41) is 12.9. The number of nitriles is 1. The van der Waals surface area contributed by atoms with Gasteiger partial charge in [-0.2, -0.15) is 23.5 Å². The van der Waals surface area contributed by atoms with Crippen LogP contribution in [0, 0.1) is 18.3 Å². The van der Waals surface area contributed by atoms with Crippen LogP contribution in [0.1, 0.15) is 51.3 Å². The second-order valence-electron chi connectivity index (χ2n) is 9.42. The van der Waals surface area contributed by atoms with Gasteiger partial charge >= 0.3 is 6.18 Å². The van der Waals surface area contributed by atoms with Gasteiger partial charge in [0.15, 0.2) is 5.60 Å². The van der Waals surface area contributed by atoms with Crippen molar-refractivity contribution in [2.24, 2.45) is 5.90 Å². The molecule has 2 aliphatic rings. The lowest BCUT2D eigenvalue weighted by Gasteiger charge is -2.27. The molecular formula is C23H33F3N6OS. The van der Waals surface area contributed by atoms with E-state index in [4.69, 9.17) is 11.2 Å². The van der Waals surface area contributed by atoms with Crippen LogP contribution in [0.3, 0.4) is 0 Å². The zero-order chi connectivity index (χ0) is 24.4. The number of aromatic nitrogens is 2. The van der Waals surface area contributed by atoms with E-state index >= 15 is 0 Å². The first kappa shape index (κ1) is 28.0. The number of nitrogens with zero attached hydrogens (tertiary/aromatic N) is 4. The van der Waals surface area contributed by atoms with E-state index < -0.39 is 17.3 Å². The molecule has 2 fully saturated rings. The molecule has 1 aliphatic carbocycles. The molecule has 1 aromatic carbocycles. The first-order valence-electron chi connectivity index (χ1n) is 10.8. The fourth-order valence-electron chi connectivity index (χ4n) is 3.59. The molecule has 188 valence electrons. The Morgan fingerprint density at radius 2 is 1.88 bits per heavy atom. The third-order valence-electron chi connectivity index (χ3n) is 5.54. The van der Waals surface area contributed by atoms with Crippen LogP contribution < -0.4 is 16.9 Å². The van der Waals surface area contributed by atoms with Gasteiger partial charge in [-0.3, -0.25) is 4.84 Å². The molecule has 0 amide bonds. The highest BCUT2D eigenvalue weighted by Crippen LogP contribution is 2.40. The van der Waals surface area contributed by atoms with Crippen molar-refractivity contribution in [3.63, 3.8) is 0 Å². The SMILES string of the molecule is Cc1cc(N2CCC(Sc3ccccc3C(F)(F)F)C2)n(C(C)(C)C)n1.N.N#CC1(ON)CC1. The molecule has 0 spiro atoms. The van der Waals surface area contributed by atoms with E-state index in [1.54, 1.807) is 12.1 Å². The molecule has 0 radical (unpaired) electrons. The highest BCUT2D eigenvalue weighted by Gasteiger charge is 2.44. The summed E-state index contributed by atoms with van der Waals surface area (Å²) in [6, 6.07) is 9.85. The molecule has 1 saturated carbocycles. The quantitative estimate of drug-likeness (QED) is 0.540. The number of benzene rings is 1. The third kappa shape index (κ3) is 6.66. The zero-order valence-electron chi connectivity index (χ0n) is 20.0. The largest absolute Gasteiger partial charge is 0.417 e. The normalized spacial score (nSPS) is 19.0. The van der Waals surface area contributed by atoms with Gasteiger partial charge in [-0.15, -0.1) is 11.8 Å². The van der Waals surface area contributed by atoms with Crippen molar-refractivity contribution in [1.82, 2.24) is 15.9 Å². The molecule has 2 heterocycles. The van der Waals surface area contributed by atoms with Crippen molar-refractivity contribution in [3.8, 4) is 6.07 Å². The van der Waals surface area contributed by atoms with Gasteiger partial charge in [0.1, 0.15) is 5.82 Å². The van der Waals surface area contributed by atoms with Gasteiger partial charge < -0.3 is 11.1 Å². The van der Waals surface area contributed by atoms with Crippen molar-refractivity contribution in [2.75, 3.05) is 18.0 Å². The fraction of sp³-hybridized carbons (Fsp3) is 0.565. The van der Waals surface area contributed by atoms with Crippen LogP contribution in [0.5, 0.6) is 0 Å². The van der Waals surface area contributed by atoms with Crippen molar-refractivity contribution in [1.29, 1.82) is 5.26 Å². The molecule has 34 heavy (non-hydrogen) atoms. The van der Waals surface area contributed by atoms with Crippen LogP contribution in [-0.4, -0.2) is 33.7 Å². The van der Waals surface area contributed by atoms with Crippen molar-refractivity contribution < 1.29 is 18.0 Å². The molecule has 1 aliphatic heterocycles. The predicted octanol–water partition coefficient (Wildman–Crippen LogP) is 5.43. The molecule has 1 aromatic heterocycles. The second kappa shape index (κ2) is 10.6. The number of halogens is 3. The van der Waals surface area contributed by atoms with Gasteiger partial charge in [-0.1, -0.05) is 12.1 Å². The smallest absolute Gasteiger partial charge is 0.356 e. The lowest BCUT2D eigenvalue weighted by molar-refractivity contribution is -0.139. The first-order chi connectivity index (χ1) is 15.4. The Bertz CT molecular complexity index is 1010. The predicted molar refractivity (Wildman–Crippen MR) is 128 cm³/mol. The lowest BCUT2D eigenvalue weighted by atomic mass is 10.1. The number of aryl methyl sites for hydroxylation is 1. The first-order valence-corrected chi connectivity index (χ1v) is 11.7. The molecular weight excluding hydrogens is 465 g/mol. The standard InChI is InChI=1S/C19H24F3N3S.C4H6N2O.H3N/c1-13-11-17(25(23-13)18(2,3)4)24-10-9-14(12-24)26-16-8-6-5-7-15(16)19(20,21)22;5-3-4(7-6)1-2-4;/h5-8,11,14H,9-10,12H2,1-4H3;1-2,6H2;1H3. The van der Waals surface area contributed by atoms with E-state index in [1.807, 2.05) is 17.7 Å². The average Bonchev–Trinajstić information content (AvgIpc) is 3.21. The maximum atomic E-state index is 13.2. The number of alkyl halides is 3. The van der Waals surface area contributed by atoms with Crippen molar-refractivity contribution in [2.45, 2.75) is 74.4 Å². The maximum Gasteiger partial charge on any atom is 0.417 e. The highest BCUT2D eigenvalue weighted by molar-refractivity contribution is 8.00. The number of nitrogens with two attached hydrogens (primary N) is 1. The van der Waals surface area contributed by atoms with Crippen LogP contribution in [0.25, 0.3) is 0 Å². The molecule has 2 aromatic rings. The summed E-state index contributed by atoms with van der Waals surface area (Å²) in [4.78, 5) is 6.88. The summed E-state index contributed by atoms with van der Waals surface area (Å²) >= 11 is 1.33. The van der Waals surface area contributed by atoms with Gasteiger partial charge in [-0.05, 0) is 59.1 Å². The third-order valence-corrected chi connectivity index (χ3v) is 6.86. The number of anilines is 1. The minimum Gasteiger partial charge on any atom is -0.356 e. The summed E-state index contributed by atoms with van der Waals surface area (Å²) in [5.74, 6) is 5.80. The van der Waals surface area contributed by atoms with Gasteiger partial charge in [0.05, 0.1) is 22.9 Å². The summed E-state index contributed by atoms with van der Waals surface area (Å²) in [5.41, 5.74) is -0.315. The van der Waals surface area contributed by atoms with E-state index in [9.17, 15) is 13.2 Å². The van der Waals surface area contributed by atoms with Gasteiger partial charge in [0.25, 0.3) is 0 Å². The minimum atomic E-state index is -4.32. The molecule has 1 atom stereocenters. The van der Waals surface area contributed by atoms with Crippen LogP contribution >= 0.6 is 11.8 Å². The molecule has 7 nitrogen and oxygen atoms in total. The molecule has 4 rings (SSSR count). The second-order valence-corrected chi connectivity index (χ2v) is 10.8. The molecule has 1 unspecified atom stereocenters. The van der Waals surface area contributed by atoms with E-state index in [-0.39, 0.29) is 16.9 Å². The van der Waals surface area contributed by atoms with Gasteiger partial charge in [-0.25, -0.2) is 10.6 Å². The zero-order valence-corrected chi connectivity index (χ0v) is 20.8. The van der Waals surface area contributed by atoms with Crippen LogP contribution in [0.15, 0.2) is 35.2 Å². The van der Waals surface area contributed by atoms with Crippen molar-refractivity contribution in [3.05, 3.63) is 41.6 Å². The summed E-state index contributed by atoms with van der Waals surface area (Å²) < 4.78 is 41.7. The Morgan fingerprint density at radius 3 is 2.38 bits per heavy atom. The Labute approximate surface area is 203 Å². The number of hydrogen-bond donors (Lipinski definition) is 2. The Kier molecular flexibility index (Phi) is 8.69. The Morgan fingerprint density at radius 1 is 1.24 bits per heavy atom. The monoisotopic (exact) mass is 498 g/mol. The summed E-state index contributed by atoms with van der Waals surface area (Å²) in [6.07, 6.45) is -1.88. The Balaban J connectivity index is 0.000000439. The number of rotatable bonds is 4. The Hall–Kier alpha value is -2.26. The average molecular weight is 499 g/mol. The van der Waals surface area contributed by atoms with Crippen LogP contribution in [0.4, 0.5) is 19.0 Å². The number of thioether (sulfide) groups is 1. The molecule has 0 bridgehead atoms. The van der Waals surface area contributed by atoms with Crippen molar-refractivity contribution >= 4 is 17.6 Å². The topological polar surface area (TPSA) is 115 Å². The maximum absolute atomic E-state index is 13.2. The fourth-order valence-corrected chi connectivity index (χ4v) is 4.89. The molecule has 1 saturated heterocycles. The van der Waals surface area contributed by atoms with Gasteiger partial charge in [0, 0.05) is 29.3 Å². The van der Waals surface area contributed by atoms with Gasteiger partial charge in [0.2, 0.25) is 0 Å². The van der Waals surface area contributed by atoms with Crippen LogP contribution in [0.2, 0.25) is 0 Å². The lowest BCUT2D eigenvalue weighted by Crippen LogP contribution is -2.30. The van der Waals surface area contributed by atoms with E-state index in [0.717, 1.165) is 49.9 Å². The molecule has 11 heteroatoms. The number of hydrogen-bond acceptors (Lipinski definition) is 7.